The zero-order valence-electron chi connectivity index (χ0n) is 12.6. The highest BCUT2D eigenvalue weighted by Gasteiger charge is 2.21. The second kappa shape index (κ2) is 6.75. The average Bonchev–Trinajstić information content (AvgIpc) is 2.94. The van der Waals surface area contributed by atoms with Gasteiger partial charge in [0.1, 0.15) is 5.75 Å². The van der Waals surface area contributed by atoms with Crippen molar-refractivity contribution in [1.29, 1.82) is 0 Å². The van der Waals surface area contributed by atoms with Crippen LogP contribution in [0.2, 0.25) is 0 Å². The van der Waals surface area contributed by atoms with Crippen molar-refractivity contribution in [3.63, 3.8) is 0 Å². The van der Waals surface area contributed by atoms with Gasteiger partial charge in [-0.1, -0.05) is 48.5 Å². The molecule has 0 N–H and O–H groups in total. The van der Waals surface area contributed by atoms with Crippen LogP contribution in [0.15, 0.2) is 71.4 Å². The molecule has 2 aromatic rings. The van der Waals surface area contributed by atoms with E-state index in [1.54, 1.807) is 19.3 Å². The lowest BCUT2D eigenvalue weighted by molar-refractivity contribution is -0.129. The summed E-state index contributed by atoms with van der Waals surface area (Å²) in [5.41, 5.74) is 2.04. The van der Waals surface area contributed by atoms with Gasteiger partial charge in [-0.2, -0.15) is 0 Å². The van der Waals surface area contributed by atoms with Crippen molar-refractivity contribution in [3.05, 3.63) is 77.5 Å². The van der Waals surface area contributed by atoms with Gasteiger partial charge in [-0.15, -0.1) is 0 Å². The molecule has 23 heavy (non-hydrogen) atoms. The molecule has 0 atom stereocenters. The summed E-state index contributed by atoms with van der Waals surface area (Å²) in [6.45, 7) is 0. The van der Waals surface area contributed by atoms with Crippen LogP contribution in [0.25, 0.3) is 12.2 Å². The highest BCUT2D eigenvalue weighted by atomic mass is 16.6. The largest absolute Gasteiger partial charge is 0.496 e. The van der Waals surface area contributed by atoms with Crippen LogP contribution in [0.4, 0.5) is 0 Å². The molecule has 0 spiro atoms. The van der Waals surface area contributed by atoms with Crippen molar-refractivity contribution >= 4 is 24.0 Å². The Morgan fingerprint density at radius 1 is 1.00 bits per heavy atom. The molecule has 1 aliphatic rings. The molecule has 4 nitrogen and oxygen atoms in total. The SMILES string of the molecule is COc1ccccc1/C=C1N=C(/C=C/c2ccccc2)OC\1=O. The molecular formula is C19H15NO3. The highest BCUT2D eigenvalue weighted by Crippen LogP contribution is 2.23. The van der Waals surface area contributed by atoms with E-state index in [0.29, 0.717) is 5.75 Å². The fraction of sp³-hybridized carbons (Fsp3) is 0.0526. The van der Waals surface area contributed by atoms with Crippen LogP contribution in [0.3, 0.4) is 0 Å². The molecule has 3 rings (SSSR count). The van der Waals surface area contributed by atoms with Gasteiger partial charge in [-0.25, -0.2) is 9.79 Å². The van der Waals surface area contributed by atoms with Crippen LogP contribution >= 0.6 is 0 Å². The maximum absolute atomic E-state index is 11.9. The molecule has 0 amide bonds. The number of benzene rings is 2. The first-order chi connectivity index (χ1) is 11.3. The predicted octanol–water partition coefficient (Wildman–Crippen LogP) is 3.70. The summed E-state index contributed by atoms with van der Waals surface area (Å²) in [6.07, 6.45) is 5.18. The van der Waals surface area contributed by atoms with Crippen molar-refractivity contribution in [2.24, 2.45) is 4.99 Å². The number of cyclic esters (lactones) is 1. The lowest BCUT2D eigenvalue weighted by Gasteiger charge is -2.03. The van der Waals surface area contributed by atoms with Gasteiger partial charge in [0.05, 0.1) is 7.11 Å². The van der Waals surface area contributed by atoms with E-state index in [1.807, 2.05) is 60.7 Å². The van der Waals surface area contributed by atoms with Gasteiger partial charge < -0.3 is 9.47 Å². The van der Waals surface area contributed by atoms with Crippen LogP contribution in [-0.4, -0.2) is 19.0 Å². The van der Waals surface area contributed by atoms with Crippen molar-refractivity contribution < 1.29 is 14.3 Å². The number of carbonyl (C=O) groups is 1. The van der Waals surface area contributed by atoms with E-state index in [1.165, 1.54) is 0 Å². The average molecular weight is 305 g/mol. The van der Waals surface area contributed by atoms with Gasteiger partial charge >= 0.3 is 5.97 Å². The van der Waals surface area contributed by atoms with Crippen molar-refractivity contribution in [1.82, 2.24) is 0 Å². The highest BCUT2D eigenvalue weighted by molar-refractivity contribution is 6.11. The Bertz CT molecular complexity index is 804. The summed E-state index contributed by atoms with van der Waals surface area (Å²) in [5.74, 6) is 0.486. The maximum atomic E-state index is 11.9. The van der Waals surface area contributed by atoms with E-state index in [4.69, 9.17) is 9.47 Å². The molecule has 0 unspecified atom stereocenters. The lowest BCUT2D eigenvalue weighted by atomic mass is 10.1. The van der Waals surface area contributed by atoms with Crippen molar-refractivity contribution in [2.45, 2.75) is 0 Å². The Morgan fingerprint density at radius 2 is 1.74 bits per heavy atom. The summed E-state index contributed by atoms with van der Waals surface area (Å²) in [5, 5.41) is 0. The summed E-state index contributed by atoms with van der Waals surface area (Å²) in [4.78, 5) is 16.1. The minimum absolute atomic E-state index is 0.252. The van der Waals surface area contributed by atoms with Crippen molar-refractivity contribution in [2.75, 3.05) is 7.11 Å². The Hall–Kier alpha value is -3.14. The minimum atomic E-state index is -0.469. The third kappa shape index (κ3) is 3.55. The van der Waals surface area contributed by atoms with Crippen LogP contribution < -0.4 is 4.74 Å². The maximum Gasteiger partial charge on any atom is 0.363 e. The number of esters is 1. The van der Waals surface area contributed by atoms with E-state index in [9.17, 15) is 4.79 Å². The van der Waals surface area contributed by atoms with E-state index >= 15 is 0 Å². The normalized spacial score (nSPS) is 15.8. The predicted molar refractivity (Wildman–Crippen MR) is 90.0 cm³/mol. The molecule has 2 aromatic carbocycles. The van der Waals surface area contributed by atoms with Gasteiger partial charge in [-0.3, -0.25) is 0 Å². The molecule has 0 radical (unpaired) electrons. The Kier molecular flexibility index (Phi) is 4.34. The number of hydrogen-bond acceptors (Lipinski definition) is 4. The Labute approximate surface area is 134 Å². The molecule has 0 aliphatic carbocycles. The van der Waals surface area contributed by atoms with E-state index in [2.05, 4.69) is 4.99 Å². The second-order valence-corrected chi connectivity index (χ2v) is 4.86. The summed E-state index contributed by atoms with van der Waals surface area (Å²) < 4.78 is 10.4. The van der Waals surface area contributed by atoms with E-state index in [0.717, 1.165) is 11.1 Å². The zero-order valence-corrected chi connectivity index (χ0v) is 12.6. The number of carbonyl (C=O) groups excluding carboxylic acids is 1. The molecule has 4 heteroatoms. The molecular weight excluding hydrogens is 290 g/mol. The van der Waals surface area contributed by atoms with Gasteiger partial charge in [0.25, 0.3) is 0 Å². The summed E-state index contributed by atoms with van der Waals surface area (Å²) in [6, 6.07) is 17.2. The third-order valence-corrected chi connectivity index (χ3v) is 3.29. The number of aliphatic imine (C=N–C) groups is 1. The number of rotatable bonds is 4. The molecule has 1 heterocycles. The number of methoxy groups -OCH3 is 1. The van der Waals surface area contributed by atoms with Crippen LogP contribution in [-0.2, 0) is 9.53 Å². The quantitative estimate of drug-likeness (QED) is 0.639. The fourth-order valence-electron chi connectivity index (χ4n) is 2.16. The summed E-state index contributed by atoms with van der Waals surface area (Å²) >= 11 is 0. The molecule has 0 saturated carbocycles. The zero-order chi connectivity index (χ0) is 16.1. The first-order valence-corrected chi connectivity index (χ1v) is 7.15. The molecule has 1 aliphatic heterocycles. The topological polar surface area (TPSA) is 47.9 Å². The van der Waals surface area contributed by atoms with Crippen LogP contribution in [0.1, 0.15) is 11.1 Å². The van der Waals surface area contributed by atoms with Gasteiger partial charge in [0.2, 0.25) is 5.90 Å². The Morgan fingerprint density at radius 3 is 2.52 bits per heavy atom. The number of para-hydroxylation sites is 1. The van der Waals surface area contributed by atoms with Crippen molar-refractivity contribution in [3.8, 4) is 5.75 Å². The second-order valence-electron chi connectivity index (χ2n) is 4.86. The first-order valence-electron chi connectivity index (χ1n) is 7.15. The molecule has 0 saturated heterocycles. The van der Waals surface area contributed by atoms with Gasteiger partial charge in [0, 0.05) is 11.6 Å². The van der Waals surface area contributed by atoms with Gasteiger partial charge in [-0.05, 0) is 23.8 Å². The third-order valence-electron chi connectivity index (χ3n) is 3.29. The smallest absolute Gasteiger partial charge is 0.363 e. The van der Waals surface area contributed by atoms with E-state index in [-0.39, 0.29) is 11.6 Å². The Balaban J connectivity index is 1.84. The van der Waals surface area contributed by atoms with Gasteiger partial charge in [0.15, 0.2) is 5.70 Å². The minimum Gasteiger partial charge on any atom is -0.496 e. The summed E-state index contributed by atoms with van der Waals surface area (Å²) in [7, 11) is 1.58. The first kappa shape index (κ1) is 14.8. The number of nitrogens with zero attached hydrogens (tertiary/aromatic N) is 1. The number of hydrogen-bond donors (Lipinski definition) is 0. The van der Waals surface area contributed by atoms with E-state index < -0.39 is 5.97 Å². The van der Waals surface area contributed by atoms with Crippen LogP contribution in [0.5, 0.6) is 5.75 Å². The molecule has 0 fully saturated rings. The monoisotopic (exact) mass is 305 g/mol. The standard InChI is InChI=1S/C19H15NO3/c1-22-17-10-6-5-9-15(17)13-16-19(21)23-18(20-16)12-11-14-7-3-2-4-8-14/h2-13H,1H3/b12-11+,16-13-. The fourth-order valence-corrected chi connectivity index (χ4v) is 2.16. The lowest BCUT2D eigenvalue weighted by Crippen LogP contribution is -2.01. The number of ether oxygens (including phenoxy) is 2. The van der Waals surface area contributed by atoms with Crippen LogP contribution in [0, 0.1) is 0 Å². The molecule has 0 bridgehead atoms. The molecule has 114 valence electrons. The molecule has 0 aromatic heterocycles.